The van der Waals surface area contributed by atoms with E-state index in [1.54, 1.807) is 0 Å². The van der Waals surface area contributed by atoms with Crippen molar-refractivity contribution >= 4 is 0 Å². The molecule has 1 rings (SSSR count). The Morgan fingerprint density at radius 2 is 2.00 bits per heavy atom. The van der Waals surface area contributed by atoms with Gasteiger partial charge in [-0.2, -0.15) is 0 Å². The molecule has 1 heterocycles. The topological polar surface area (TPSA) is 12.0 Å². The van der Waals surface area contributed by atoms with Gasteiger partial charge in [0.15, 0.2) is 0 Å². The van der Waals surface area contributed by atoms with E-state index in [4.69, 9.17) is 0 Å². The number of hydrogen-bond acceptors (Lipinski definition) is 1. The van der Waals surface area contributed by atoms with Crippen LogP contribution in [0.2, 0.25) is 0 Å². The monoisotopic (exact) mass is 145 g/mol. The van der Waals surface area contributed by atoms with E-state index in [0.29, 0.717) is 19.0 Å². The summed E-state index contributed by atoms with van der Waals surface area (Å²) in [5.41, 5.74) is 0.209. The van der Waals surface area contributed by atoms with Crippen molar-refractivity contribution in [2.45, 2.75) is 39.4 Å². The molecule has 1 fully saturated rings. The molecule has 0 aromatic heterocycles. The van der Waals surface area contributed by atoms with Gasteiger partial charge in [0.2, 0.25) is 0 Å². The number of nitrogens with one attached hydrogen (secondary N) is 1. The van der Waals surface area contributed by atoms with Gasteiger partial charge in [-0.3, -0.25) is 0 Å². The molecular weight excluding hydrogens is 129 g/mol. The van der Waals surface area contributed by atoms with E-state index < -0.39 is 6.17 Å². The second kappa shape index (κ2) is 2.50. The summed E-state index contributed by atoms with van der Waals surface area (Å²) in [4.78, 5) is 0. The zero-order valence-corrected chi connectivity index (χ0v) is 6.95. The minimum atomic E-state index is -0.621. The van der Waals surface area contributed by atoms with Gasteiger partial charge in [-0.05, 0) is 11.8 Å². The summed E-state index contributed by atoms with van der Waals surface area (Å²) < 4.78 is 12.6. The van der Waals surface area contributed by atoms with Crippen molar-refractivity contribution in [2.24, 2.45) is 5.41 Å². The first kappa shape index (κ1) is 7.99. The third-order valence-corrected chi connectivity index (χ3v) is 2.12. The minimum Gasteiger partial charge on any atom is -0.310 e. The molecule has 0 amide bonds. The Morgan fingerprint density at radius 1 is 1.40 bits per heavy atom. The summed E-state index contributed by atoms with van der Waals surface area (Å²) >= 11 is 0. The average molecular weight is 145 g/mol. The highest BCUT2D eigenvalue weighted by Crippen LogP contribution is 2.26. The van der Waals surface area contributed by atoms with Gasteiger partial charge >= 0.3 is 0 Å². The fourth-order valence-electron chi connectivity index (χ4n) is 1.35. The van der Waals surface area contributed by atoms with Crippen LogP contribution in [0.5, 0.6) is 0 Å². The van der Waals surface area contributed by atoms with E-state index in [1.165, 1.54) is 0 Å². The normalized spacial score (nSPS) is 34.8. The molecule has 0 aliphatic carbocycles. The van der Waals surface area contributed by atoms with Gasteiger partial charge in [0.1, 0.15) is 6.17 Å². The van der Waals surface area contributed by atoms with Crippen molar-refractivity contribution in [1.82, 2.24) is 5.32 Å². The summed E-state index contributed by atoms with van der Waals surface area (Å²) in [5, 5.41) is 3.17. The standard InChI is InChI=1S/C8H16FN/c1-8(2,3)7-4-6(9)5-10-7/h6-7,10H,4-5H2,1-3H3. The molecule has 0 aromatic carbocycles. The van der Waals surface area contributed by atoms with Gasteiger partial charge in [0.05, 0.1) is 0 Å². The van der Waals surface area contributed by atoms with Crippen molar-refractivity contribution in [2.75, 3.05) is 6.54 Å². The van der Waals surface area contributed by atoms with Crippen molar-refractivity contribution in [3.63, 3.8) is 0 Å². The predicted octanol–water partition coefficient (Wildman–Crippen LogP) is 1.73. The maximum absolute atomic E-state index is 12.6. The summed E-state index contributed by atoms with van der Waals surface area (Å²) in [6.45, 7) is 6.97. The van der Waals surface area contributed by atoms with E-state index in [2.05, 4.69) is 26.1 Å². The highest BCUT2D eigenvalue weighted by atomic mass is 19.1. The molecule has 2 unspecified atom stereocenters. The number of rotatable bonds is 0. The van der Waals surface area contributed by atoms with Crippen LogP contribution in [0.15, 0.2) is 0 Å². The molecule has 0 aromatic rings. The zero-order chi connectivity index (χ0) is 7.78. The van der Waals surface area contributed by atoms with Crippen LogP contribution in [0.4, 0.5) is 4.39 Å². The van der Waals surface area contributed by atoms with Gasteiger partial charge in [-0.1, -0.05) is 20.8 Å². The molecule has 1 saturated heterocycles. The Bertz CT molecular complexity index is 117. The SMILES string of the molecule is CC(C)(C)C1CC(F)CN1. The van der Waals surface area contributed by atoms with Crippen LogP contribution >= 0.6 is 0 Å². The maximum atomic E-state index is 12.6. The molecule has 0 spiro atoms. The van der Waals surface area contributed by atoms with Gasteiger partial charge in [0.25, 0.3) is 0 Å². The Hall–Kier alpha value is -0.110. The summed E-state index contributed by atoms with van der Waals surface area (Å²) in [6.07, 6.45) is 0.0629. The molecular formula is C8H16FN. The van der Waals surface area contributed by atoms with Gasteiger partial charge in [-0.25, -0.2) is 4.39 Å². The van der Waals surface area contributed by atoms with Crippen molar-refractivity contribution in [1.29, 1.82) is 0 Å². The van der Waals surface area contributed by atoms with Crippen LogP contribution in [0, 0.1) is 5.41 Å². The predicted molar refractivity (Wildman–Crippen MR) is 40.8 cm³/mol. The van der Waals surface area contributed by atoms with E-state index >= 15 is 0 Å². The summed E-state index contributed by atoms with van der Waals surface area (Å²) in [7, 11) is 0. The molecule has 60 valence electrons. The smallest absolute Gasteiger partial charge is 0.114 e. The van der Waals surface area contributed by atoms with E-state index in [-0.39, 0.29) is 5.41 Å². The van der Waals surface area contributed by atoms with Crippen LogP contribution in [0.1, 0.15) is 27.2 Å². The lowest BCUT2D eigenvalue weighted by atomic mass is 9.86. The highest BCUT2D eigenvalue weighted by molar-refractivity contribution is 4.89. The van der Waals surface area contributed by atoms with Crippen LogP contribution in [0.25, 0.3) is 0 Å². The molecule has 0 saturated carbocycles. The summed E-state index contributed by atoms with van der Waals surface area (Å²) in [5.74, 6) is 0. The van der Waals surface area contributed by atoms with Gasteiger partial charge < -0.3 is 5.32 Å². The minimum absolute atomic E-state index is 0.209. The number of alkyl halides is 1. The first-order chi connectivity index (χ1) is 4.50. The first-order valence-electron chi connectivity index (χ1n) is 3.87. The Kier molecular flexibility index (Phi) is 1.99. The Balaban J connectivity index is 2.45. The van der Waals surface area contributed by atoms with Crippen LogP contribution in [-0.2, 0) is 0 Å². The van der Waals surface area contributed by atoms with Crippen molar-refractivity contribution in [3.05, 3.63) is 0 Å². The van der Waals surface area contributed by atoms with E-state index in [0.717, 1.165) is 0 Å². The third-order valence-electron chi connectivity index (χ3n) is 2.12. The molecule has 2 heteroatoms. The second-order valence-electron chi connectivity index (χ2n) is 4.16. The van der Waals surface area contributed by atoms with Gasteiger partial charge in [0, 0.05) is 12.6 Å². The second-order valence-corrected chi connectivity index (χ2v) is 4.16. The molecule has 2 atom stereocenters. The maximum Gasteiger partial charge on any atom is 0.114 e. The molecule has 0 bridgehead atoms. The van der Waals surface area contributed by atoms with Crippen molar-refractivity contribution < 1.29 is 4.39 Å². The Morgan fingerprint density at radius 3 is 2.20 bits per heavy atom. The van der Waals surface area contributed by atoms with Crippen LogP contribution in [-0.4, -0.2) is 18.8 Å². The largest absolute Gasteiger partial charge is 0.310 e. The molecule has 1 nitrogen and oxygen atoms in total. The molecule has 10 heavy (non-hydrogen) atoms. The van der Waals surface area contributed by atoms with Gasteiger partial charge in [-0.15, -0.1) is 0 Å². The first-order valence-corrected chi connectivity index (χ1v) is 3.87. The molecule has 0 radical (unpaired) electrons. The third kappa shape index (κ3) is 1.69. The molecule has 1 aliphatic rings. The quantitative estimate of drug-likeness (QED) is 0.547. The lowest BCUT2D eigenvalue weighted by Gasteiger charge is -2.26. The average Bonchev–Trinajstić information content (AvgIpc) is 2.11. The van der Waals surface area contributed by atoms with Crippen LogP contribution in [0.3, 0.4) is 0 Å². The lowest BCUT2D eigenvalue weighted by Crippen LogP contribution is -2.34. The van der Waals surface area contributed by atoms with E-state index in [9.17, 15) is 4.39 Å². The number of halogens is 1. The fourth-order valence-corrected chi connectivity index (χ4v) is 1.35. The number of hydrogen-bond donors (Lipinski definition) is 1. The van der Waals surface area contributed by atoms with E-state index in [1.807, 2.05) is 0 Å². The molecule has 1 N–H and O–H groups in total. The summed E-state index contributed by atoms with van der Waals surface area (Å²) in [6, 6.07) is 0.363. The Labute approximate surface area is 62.0 Å². The van der Waals surface area contributed by atoms with Crippen molar-refractivity contribution in [3.8, 4) is 0 Å². The molecule has 1 aliphatic heterocycles. The fraction of sp³-hybridized carbons (Fsp3) is 1.00. The highest BCUT2D eigenvalue weighted by Gasteiger charge is 2.32. The van der Waals surface area contributed by atoms with Crippen LogP contribution < -0.4 is 5.32 Å². The lowest BCUT2D eigenvalue weighted by molar-refractivity contribution is 0.276. The zero-order valence-electron chi connectivity index (χ0n) is 6.95.